The molecule has 0 fully saturated rings. The third-order valence-electron chi connectivity index (χ3n) is 1.97. The molecule has 0 aliphatic carbocycles. The second-order valence-electron chi connectivity index (χ2n) is 2.86. The third-order valence-corrected chi connectivity index (χ3v) is 1.97. The molecule has 0 saturated heterocycles. The van der Waals surface area contributed by atoms with Crippen LogP contribution in [0.4, 0.5) is 0 Å². The van der Waals surface area contributed by atoms with E-state index >= 15 is 0 Å². The molecule has 0 saturated carbocycles. The Morgan fingerprint density at radius 2 is 1.86 bits per heavy atom. The summed E-state index contributed by atoms with van der Waals surface area (Å²) in [6, 6.07) is 2.16. The lowest BCUT2D eigenvalue weighted by Crippen LogP contribution is -2.00. The SMILES string of the molecule is O=c1cc[nH]c2c(O)cc(O)c(O)c12. The molecule has 0 bridgehead atoms. The zero-order valence-corrected chi connectivity index (χ0v) is 6.98. The first-order chi connectivity index (χ1) is 6.61. The zero-order chi connectivity index (χ0) is 10.3. The number of phenolic OH excluding ortho intramolecular Hbond substituents is 3. The molecule has 1 aromatic heterocycles. The second-order valence-corrected chi connectivity index (χ2v) is 2.86. The van der Waals surface area contributed by atoms with Crippen LogP contribution in [0.25, 0.3) is 10.9 Å². The maximum absolute atomic E-state index is 11.3. The molecule has 1 aromatic carbocycles. The maximum Gasteiger partial charge on any atom is 0.193 e. The Bertz CT molecular complexity index is 558. The number of hydrogen-bond acceptors (Lipinski definition) is 4. The van der Waals surface area contributed by atoms with Gasteiger partial charge < -0.3 is 20.3 Å². The molecule has 0 spiro atoms. The number of aromatic hydroxyl groups is 3. The summed E-state index contributed by atoms with van der Waals surface area (Å²) in [5, 5.41) is 27.8. The minimum absolute atomic E-state index is 0.104. The van der Waals surface area contributed by atoms with Gasteiger partial charge in [-0.2, -0.15) is 0 Å². The summed E-state index contributed by atoms with van der Waals surface area (Å²) in [6.07, 6.45) is 1.35. The van der Waals surface area contributed by atoms with Crippen molar-refractivity contribution in [3.8, 4) is 17.2 Å². The minimum atomic E-state index is -0.528. The van der Waals surface area contributed by atoms with Crippen LogP contribution in [0.2, 0.25) is 0 Å². The van der Waals surface area contributed by atoms with Crippen LogP contribution in [0.5, 0.6) is 17.2 Å². The molecule has 0 aliphatic rings. The molecule has 14 heavy (non-hydrogen) atoms. The van der Waals surface area contributed by atoms with Crippen molar-refractivity contribution in [1.82, 2.24) is 4.98 Å². The summed E-state index contributed by atoms with van der Waals surface area (Å²) in [5.41, 5.74) is -0.366. The van der Waals surface area contributed by atoms with Gasteiger partial charge in [0.25, 0.3) is 0 Å². The zero-order valence-electron chi connectivity index (χ0n) is 6.98. The van der Waals surface area contributed by atoms with Gasteiger partial charge in [0.05, 0.1) is 10.9 Å². The highest BCUT2D eigenvalue weighted by molar-refractivity contribution is 5.91. The highest BCUT2D eigenvalue weighted by atomic mass is 16.3. The third kappa shape index (κ3) is 0.990. The van der Waals surface area contributed by atoms with Crippen LogP contribution in [0.3, 0.4) is 0 Å². The Morgan fingerprint density at radius 3 is 2.57 bits per heavy atom. The summed E-state index contributed by atoms with van der Waals surface area (Å²) >= 11 is 0. The molecule has 2 aromatic rings. The number of fused-ring (bicyclic) bond motifs is 1. The summed E-state index contributed by atoms with van der Waals surface area (Å²) in [7, 11) is 0. The standard InChI is InChI=1S/C9H7NO4/c11-4-1-2-10-8-5(12)3-6(13)9(14)7(4)8/h1-3,12-14H,(H,10,11). The average molecular weight is 193 g/mol. The van der Waals surface area contributed by atoms with E-state index in [1.807, 2.05) is 0 Å². The van der Waals surface area contributed by atoms with Gasteiger partial charge in [-0.25, -0.2) is 0 Å². The first-order valence-electron chi connectivity index (χ1n) is 3.86. The molecule has 0 atom stereocenters. The molecule has 4 N–H and O–H groups in total. The van der Waals surface area contributed by atoms with Crippen molar-refractivity contribution >= 4 is 10.9 Å². The summed E-state index contributed by atoms with van der Waals surface area (Å²) < 4.78 is 0. The molecule has 5 heteroatoms. The highest BCUT2D eigenvalue weighted by Gasteiger charge is 2.12. The molecule has 0 radical (unpaired) electrons. The van der Waals surface area contributed by atoms with E-state index in [0.29, 0.717) is 0 Å². The fourth-order valence-electron chi connectivity index (χ4n) is 1.31. The Hall–Kier alpha value is -2.17. The average Bonchev–Trinajstić information content (AvgIpc) is 2.14. The van der Waals surface area contributed by atoms with Gasteiger partial charge in [0.15, 0.2) is 16.9 Å². The maximum atomic E-state index is 11.3. The number of nitrogens with one attached hydrogen (secondary N) is 1. The van der Waals surface area contributed by atoms with Gasteiger partial charge in [0, 0.05) is 18.3 Å². The predicted octanol–water partition coefficient (Wildman–Crippen LogP) is 0.645. The number of benzene rings is 1. The number of pyridine rings is 1. The van der Waals surface area contributed by atoms with Crippen molar-refractivity contribution in [3.63, 3.8) is 0 Å². The molecule has 72 valence electrons. The number of aromatic nitrogens is 1. The molecule has 1 heterocycles. The quantitative estimate of drug-likeness (QED) is 0.365. The van der Waals surface area contributed by atoms with E-state index in [-0.39, 0.29) is 16.7 Å². The van der Waals surface area contributed by atoms with Crippen LogP contribution < -0.4 is 5.43 Å². The minimum Gasteiger partial charge on any atom is -0.506 e. The van der Waals surface area contributed by atoms with Gasteiger partial charge >= 0.3 is 0 Å². The van der Waals surface area contributed by atoms with Crippen LogP contribution in [0.1, 0.15) is 0 Å². The van der Waals surface area contributed by atoms with Crippen LogP contribution in [-0.4, -0.2) is 20.3 Å². The lowest BCUT2D eigenvalue weighted by molar-refractivity contribution is 0.401. The largest absolute Gasteiger partial charge is 0.506 e. The van der Waals surface area contributed by atoms with E-state index < -0.39 is 16.9 Å². The van der Waals surface area contributed by atoms with Gasteiger partial charge in [-0.1, -0.05) is 0 Å². The number of phenols is 3. The predicted molar refractivity (Wildman–Crippen MR) is 49.6 cm³/mol. The fraction of sp³-hybridized carbons (Fsp3) is 0. The normalized spacial score (nSPS) is 10.6. The van der Waals surface area contributed by atoms with Gasteiger partial charge in [0.1, 0.15) is 5.75 Å². The summed E-state index contributed by atoms with van der Waals surface area (Å²) in [4.78, 5) is 13.9. The lowest BCUT2D eigenvalue weighted by atomic mass is 10.1. The molecule has 0 amide bonds. The van der Waals surface area contributed by atoms with Crippen LogP contribution in [0.15, 0.2) is 23.1 Å². The van der Waals surface area contributed by atoms with Crippen molar-refractivity contribution in [1.29, 1.82) is 0 Å². The first-order valence-corrected chi connectivity index (χ1v) is 3.86. The highest BCUT2D eigenvalue weighted by Crippen LogP contribution is 2.36. The Morgan fingerprint density at radius 1 is 1.14 bits per heavy atom. The first kappa shape index (κ1) is 8.43. The van der Waals surface area contributed by atoms with Crippen molar-refractivity contribution in [2.45, 2.75) is 0 Å². The van der Waals surface area contributed by atoms with Crippen molar-refractivity contribution in [2.24, 2.45) is 0 Å². The van der Waals surface area contributed by atoms with Crippen LogP contribution >= 0.6 is 0 Å². The van der Waals surface area contributed by atoms with Crippen LogP contribution in [-0.2, 0) is 0 Å². The van der Waals surface area contributed by atoms with Crippen molar-refractivity contribution < 1.29 is 15.3 Å². The molecule has 0 unspecified atom stereocenters. The summed E-state index contributed by atoms with van der Waals surface area (Å²) in [5.74, 6) is -1.33. The molecular formula is C9H7NO4. The van der Waals surface area contributed by atoms with E-state index in [2.05, 4.69) is 4.98 Å². The van der Waals surface area contributed by atoms with E-state index in [1.165, 1.54) is 12.3 Å². The molecule has 2 rings (SSSR count). The second kappa shape index (κ2) is 2.66. The van der Waals surface area contributed by atoms with Gasteiger partial charge in [-0.3, -0.25) is 4.79 Å². The number of rotatable bonds is 0. The lowest BCUT2D eigenvalue weighted by Gasteiger charge is -2.04. The Kier molecular flexibility index (Phi) is 1.60. The Labute approximate surface area is 77.9 Å². The van der Waals surface area contributed by atoms with Crippen molar-refractivity contribution in [3.05, 3.63) is 28.6 Å². The van der Waals surface area contributed by atoms with E-state index in [0.717, 1.165) is 6.07 Å². The van der Waals surface area contributed by atoms with Crippen LogP contribution in [0, 0.1) is 0 Å². The smallest absolute Gasteiger partial charge is 0.193 e. The topological polar surface area (TPSA) is 93.6 Å². The van der Waals surface area contributed by atoms with Gasteiger partial charge in [-0.05, 0) is 0 Å². The number of H-pyrrole nitrogens is 1. The number of aromatic amines is 1. The van der Waals surface area contributed by atoms with E-state index in [1.54, 1.807) is 0 Å². The number of hydrogen-bond donors (Lipinski definition) is 4. The Balaban J connectivity index is 3.11. The monoisotopic (exact) mass is 193 g/mol. The van der Waals surface area contributed by atoms with E-state index in [4.69, 9.17) is 5.11 Å². The molecule has 0 aliphatic heterocycles. The van der Waals surface area contributed by atoms with Gasteiger partial charge in [-0.15, -0.1) is 0 Å². The molecule has 5 nitrogen and oxygen atoms in total. The van der Waals surface area contributed by atoms with E-state index in [9.17, 15) is 15.0 Å². The van der Waals surface area contributed by atoms with Crippen molar-refractivity contribution in [2.75, 3.05) is 0 Å². The fourth-order valence-corrected chi connectivity index (χ4v) is 1.31. The molecular weight excluding hydrogens is 186 g/mol. The van der Waals surface area contributed by atoms with Gasteiger partial charge in [0.2, 0.25) is 0 Å². The summed E-state index contributed by atoms with van der Waals surface area (Å²) in [6.45, 7) is 0.